The Morgan fingerprint density at radius 1 is 1.47 bits per heavy atom. The highest BCUT2D eigenvalue weighted by Crippen LogP contribution is 2.27. The van der Waals surface area contributed by atoms with Crippen LogP contribution in [0.5, 0.6) is 0 Å². The van der Waals surface area contributed by atoms with Crippen molar-refractivity contribution >= 4 is 5.91 Å². The highest BCUT2D eigenvalue weighted by molar-refractivity contribution is 5.81. The van der Waals surface area contributed by atoms with E-state index < -0.39 is 6.04 Å². The first kappa shape index (κ1) is 14.5. The summed E-state index contributed by atoms with van der Waals surface area (Å²) in [6.45, 7) is 2.76. The Bertz CT molecular complexity index is 227. The Morgan fingerprint density at radius 2 is 2.12 bits per heavy atom. The third-order valence-electron chi connectivity index (χ3n) is 3.68. The molecule has 0 heterocycles. The summed E-state index contributed by atoms with van der Waals surface area (Å²) < 4.78 is 4.95. The fraction of sp³-hybridized carbons (Fsp3) is 0.923. The molecule has 0 saturated heterocycles. The Balaban J connectivity index is 2.22. The van der Waals surface area contributed by atoms with Crippen LogP contribution in [0.3, 0.4) is 0 Å². The van der Waals surface area contributed by atoms with Gasteiger partial charge in [0, 0.05) is 19.8 Å². The topological polar surface area (TPSA) is 64.3 Å². The Labute approximate surface area is 104 Å². The Hall–Kier alpha value is -0.610. The van der Waals surface area contributed by atoms with Crippen molar-refractivity contribution in [3.8, 4) is 0 Å². The molecule has 17 heavy (non-hydrogen) atoms. The molecule has 2 atom stereocenters. The highest BCUT2D eigenvalue weighted by Gasteiger charge is 2.24. The van der Waals surface area contributed by atoms with Gasteiger partial charge in [-0.2, -0.15) is 0 Å². The van der Waals surface area contributed by atoms with E-state index in [1.54, 1.807) is 7.11 Å². The Kier molecular flexibility index (Phi) is 6.52. The lowest BCUT2D eigenvalue weighted by Crippen LogP contribution is -2.46. The average Bonchev–Trinajstić information content (AvgIpc) is 2.82. The maximum atomic E-state index is 11.8. The first-order valence-electron chi connectivity index (χ1n) is 6.70. The number of ether oxygens (including phenoxy) is 1. The maximum absolute atomic E-state index is 11.8. The van der Waals surface area contributed by atoms with E-state index in [4.69, 9.17) is 10.5 Å². The van der Waals surface area contributed by atoms with Crippen LogP contribution in [0.1, 0.15) is 45.4 Å². The number of carbonyl (C=O) groups excluding carboxylic acids is 1. The van der Waals surface area contributed by atoms with Crippen LogP contribution in [-0.4, -0.2) is 31.7 Å². The van der Waals surface area contributed by atoms with Crippen LogP contribution in [0.2, 0.25) is 0 Å². The smallest absolute Gasteiger partial charge is 0.237 e. The van der Waals surface area contributed by atoms with E-state index in [1.807, 2.05) is 0 Å². The molecule has 0 bridgehead atoms. The average molecular weight is 242 g/mol. The molecular formula is C13H26N2O2. The zero-order valence-corrected chi connectivity index (χ0v) is 11.1. The lowest BCUT2D eigenvalue weighted by atomic mass is 9.99. The van der Waals surface area contributed by atoms with Gasteiger partial charge >= 0.3 is 0 Å². The third-order valence-corrected chi connectivity index (χ3v) is 3.68. The second kappa shape index (κ2) is 7.67. The quantitative estimate of drug-likeness (QED) is 0.664. The molecule has 1 aliphatic rings. The zero-order valence-electron chi connectivity index (χ0n) is 11.1. The summed E-state index contributed by atoms with van der Waals surface area (Å²) in [5.41, 5.74) is 5.84. The van der Waals surface area contributed by atoms with Crippen LogP contribution in [0.4, 0.5) is 0 Å². The van der Waals surface area contributed by atoms with Crippen LogP contribution in [0.25, 0.3) is 0 Å². The van der Waals surface area contributed by atoms with Crippen LogP contribution in [0, 0.1) is 5.92 Å². The number of nitrogens with two attached hydrogens (primary N) is 1. The van der Waals surface area contributed by atoms with E-state index in [2.05, 4.69) is 12.2 Å². The van der Waals surface area contributed by atoms with Crippen molar-refractivity contribution in [1.82, 2.24) is 5.32 Å². The van der Waals surface area contributed by atoms with Gasteiger partial charge in [0.25, 0.3) is 0 Å². The molecule has 1 saturated carbocycles. The molecule has 4 nitrogen and oxygen atoms in total. The molecule has 0 spiro atoms. The molecule has 0 aromatic carbocycles. The molecule has 1 rings (SSSR count). The summed E-state index contributed by atoms with van der Waals surface area (Å²) in [7, 11) is 1.66. The monoisotopic (exact) mass is 242 g/mol. The van der Waals surface area contributed by atoms with Gasteiger partial charge in [0.1, 0.15) is 0 Å². The number of hydrogen-bond donors (Lipinski definition) is 2. The van der Waals surface area contributed by atoms with Crippen molar-refractivity contribution in [1.29, 1.82) is 0 Å². The number of amides is 1. The van der Waals surface area contributed by atoms with Crippen molar-refractivity contribution in [3.05, 3.63) is 0 Å². The molecule has 100 valence electrons. The molecule has 0 radical (unpaired) electrons. The number of hydrogen-bond acceptors (Lipinski definition) is 3. The number of rotatable bonds is 7. The van der Waals surface area contributed by atoms with Crippen molar-refractivity contribution in [2.75, 3.05) is 13.7 Å². The van der Waals surface area contributed by atoms with Crippen molar-refractivity contribution in [2.24, 2.45) is 11.7 Å². The van der Waals surface area contributed by atoms with E-state index in [9.17, 15) is 4.79 Å². The summed E-state index contributed by atoms with van der Waals surface area (Å²) >= 11 is 0. The van der Waals surface area contributed by atoms with Gasteiger partial charge in [-0.05, 0) is 38.5 Å². The van der Waals surface area contributed by atoms with Crippen LogP contribution in [-0.2, 0) is 9.53 Å². The molecular weight excluding hydrogens is 216 g/mol. The Morgan fingerprint density at radius 3 is 2.71 bits per heavy atom. The van der Waals surface area contributed by atoms with Gasteiger partial charge in [0.15, 0.2) is 0 Å². The second-order valence-corrected chi connectivity index (χ2v) is 5.08. The minimum absolute atomic E-state index is 0.0134. The molecule has 0 aliphatic heterocycles. The fourth-order valence-corrected chi connectivity index (χ4v) is 2.49. The van der Waals surface area contributed by atoms with Crippen LogP contribution >= 0.6 is 0 Å². The van der Waals surface area contributed by atoms with Gasteiger partial charge in [-0.3, -0.25) is 4.79 Å². The molecule has 1 fully saturated rings. The van der Waals surface area contributed by atoms with E-state index in [0.717, 1.165) is 6.42 Å². The molecule has 1 unspecified atom stereocenters. The van der Waals surface area contributed by atoms with Crippen molar-refractivity contribution in [2.45, 2.75) is 57.5 Å². The zero-order chi connectivity index (χ0) is 12.7. The maximum Gasteiger partial charge on any atom is 0.237 e. The number of carbonyl (C=O) groups is 1. The molecule has 3 N–H and O–H groups in total. The van der Waals surface area contributed by atoms with E-state index >= 15 is 0 Å². The summed E-state index contributed by atoms with van der Waals surface area (Å²) in [4.78, 5) is 11.8. The van der Waals surface area contributed by atoms with Gasteiger partial charge in [-0.15, -0.1) is 0 Å². The predicted octanol–water partition coefficient (Wildman–Crippen LogP) is 1.44. The SMILES string of the molecule is COCCCC(N)C(=O)N[C@@H](C)C1CCCC1. The summed E-state index contributed by atoms with van der Waals surface area (Å²) in [6, 6.07) is -0.132. The first-order chi connectivity index (χ1) is 8.15. The molecule has 4 heteroatoms. The van der Waals surface area contributed by atoms with E-state index in [0.29, 0.717) is 18.9 Å². The summed E-state index contributed by atoms with van der Waals surface area (Å²) in [5, 5.41) is 3.04. The highest BCUT2D eigenvalue weighted by atomic mass is 16.5. The first-order valence-corrected chi connectivity index (χ1v) is 6.70. The van der Waals surface area contributed by atoms with Gasteiger partial charge in [0.2, 0.25) is 5.91 Å². The lowest BCUT2D eigenvalue weighted by molar-refractivity contribution is -0.123. The predicted molar refractivity (Wildman–Crippen MR) is 68.6 cm³/mol. The molecule has 0 aromatic heterocycles. The second-order valence-electron chi connectivity index (χ2n) is 5.08. The van der Waals surface area contributed by atoms with Crippen LogP contribution < -0.4 is 11.1 Å². The summed E-state index contributed by atoms with van der Waals surface area (Å²) in [5.74, 6) is 0.630. The molecule has 1 aliphatic carbocycles. The van der Waals surface area contributed by atoms with E-state index in [-0.39, 0.29) is 11.9 Å². The molecule has 1 amide bonds. The van der Waals surface area contributed by atoms with E-state index in [1.165, 1.54) is 25.7 Å². The lowest BCUT2D eigenvalue weighted by Gasteiger charge is -2.22. The van der Waals surface area contributed by atoms with Gasteiger partial charge in [-0.25, -0.2) is 0 Å². The van der Waals surface area contributed by atoms with Crippen LogP contribution in [0.15, 0.2) is 0 Å². The number of nitrogens with one attached hydrogen (secondary N) is 1. The van der Waals surface area contributed by atoms with Gasteiger partial charge < -0.3 is 15.8 Å². The van der Waals surface area contributed by atoms with Gasteiger partial charge in [-0.1, -0.05) is 12.8 Å². The fourth-order valence-electron chi connectivity index (χ4n) is 2.49. The third kappa shape index (κ3) is 5.04. The van der Waals surface area contributed by atoms with Gasteiger partial charge in [0.05, 0.1) is 6.04 Å². The largest absolute Gasteiger partial charge is 0.385 e. The molecule has 0 aromatic rings. The minimum Gasteiger partial charge on any atom is -0.385 e. The number of methoxy groups -OCH3 is 1. The summed E-state index contributed by atoms with van der Waals surface area (Å²) in [6.07, 6.45) is 6.59. The van der Waals surface area contributed by atoms with Crippen molar-refractivity contribution < 1.29 is 9.53 Å². The van der Waals surface area contributed by atoms with Crippen molar-refractivity contribution in [3.63, 3.8) is 0 Å². The normalized spacial score (nSPS) is 20.2. The minimum atomic E-state index is -0.394. The standard InChI is InChI=1S/C13H26N2O2/c1-10(11-6-3-4-7-11)15-13(16)12(14)8-5-9-17-2/h10-12H,3-9,14H2,1-2H3,(H,15,16)/t10-,12?/m0/s1.